The predicted molar refractivity (Wildman–Crippen MR) is 64.6 cm³/mol. The third kappa shape index (κ3) is 6.28. The average molecular weight is 214 g/mol. The van der Waals surface area contributed by atoms with Gasteiger partial charge in [-0.15, -0.1) is 6.58 Å². The molecular weight excluding hydrogens is 191 g/mol. The largest absolute Gasteiger partial charge is 0.394 e. The molecule has 0 aromatic carbocycles. The zero-order chi connectivity index (χ0) is 11.7. The molecule has 2 nitrogen and oxygen atoms in total. The molecule has 0 aromatic heterocycles. The summed E-state index contributed by atoms with van der Waals surface area (Å²) >= 11 is 0. The lowest BCUT2D eigenvalue weighted by molar-refractivity contribution is 0.0723. The van der Waals surface area contributed by atoms with Crippen molar-refractivity contribution >= 4 is 0 Å². The van der Waals surface area contributed by atoms with E-state index in [-0.39, 0.29) is 0 Å². The Balaban J connectivity index is 0.000000423. The fourth-order valence-electron chi connectivity index (χ4n) is 1.48. The fourth-order valence-corrected chi connectivity index (χ4v) is 1.48. The van der Waals surface area contributed by atoms with E-state index in [4.69, 9.17) is 0 Å². The van der Waals surface area contributed by atoms with Gasteiger partial charge in [0.05, 0.1) is 0 Å². The highest BCUT2D eigenvalue weighted by Crippen LogP contribution is 2.29. The van der Waals surface area contributed by atoms with Crippen molar-refractivity contribution in [3.05, 3.63) is 25.4 Å². The molecule has 0 bridgehead atoms. The minimum absolute atomic E-state index is 0.515. The van der Waals surface area contributed by atoms with E-state index in [1.165, 1.54) is 0 Å². The standard InChI is InChI=1S/C9H16FN.C3H7N/c1-3-4-9(10)5-7-11(2)8-6-9;1-3-4-2/h3H,1,4-8H2,2H3;3-4H,1H2,2H3. The van der Waals surface area contributed by atoms with Gasteiger partial charge in [0, 0.05) is 20.1 Å². The van der Waals surface area contributed by atoms with Gasteiger partial charge in [-0.2, -0.15) is 0 Å². The lowest BCUT2D eigenvalue weighted by Gasteiger charge is -2.33. The molecule has 1 rings (SSSR count). The van der Waals surface area contributed by atoms with Gasteiger partial charge in [-0.3, -0.25) is 0 Å². The van der Waals surface area contributed by atoms with Crippen LogP contribution in [0.2, 0.25) is 0 Å². The van der Waals surface area contributed by atoms with Crippen LogP contribution in [0, 0.1) is 0 Å². The van der Waals surface area contributed by atoms with Crippen molar-refractivity contribution in [1.82, 2.24) is 10.2 Å². The lowest BCUT2D eigenvalue weighted by atomic mass is 9.90. The molecule has 0 aromatic rings. The molecular formula is C12H23FN2. The minimum atomic E-state index is -0.950. The topological polar surface area (TPSA) is 15.3 Å². The summed E-state index contributed by atoms with van der Waals surface area (Å²) in [6, 6.07) is 0. The van der Waals surface area contributed by atoms with Crippen molar-refractivity contribution in [2.45, 2.75) is 24.9 Å². The van der Waals surface area contributed by atoms with Crippen molar-refractivity contribution in [1.29, 1.82) is 0 Å². The molecule has 1 aliphatic heterocycles. The minimum Gasteiger partial charge on any atom is -0.394 e. The molecule has 0 radical (unpaired) electrons. The van der Waals surface area contributed by atoms with Crippen molar-refractivity contribution in [2.24, 2.45) is 0 Å². The summed E-state index contributed by atoms with van der Waals surface area (Å²) in [7, 11) is 3.85. The zero-order valence-electron chi connectivity index (χ0n) is 9.93. The lowest BCUT2D eigenvalue weighted by Crippen LogP contribution is -2.39. The molecule has 1 heterocycles. The van der Waals surface area contributed by atoms with Gasteiger partial charge in [0.15, 0.2) is 0 Å². The smallest absolute Gasteiger partial charge is 0.116 e. The number of hydrogen-bond donors (Lipinski definition) is 1. The van der Waals surface area contributed by atoms with E-state index >= 15 is 0 Å². The van der Waals surface area contributed by atoms with E-state index < -0.39 is 5.67 Å². The maximum Gasteiger partial charge on any atom is 0.116 e. The molecule has 1 fully saturated rings. The number of halogens is 1. The quantitative estimate of drug-likeness (QED) is 0.725. The van der Waals surface area contributed by atoms with Crippen LogP contribution in [0.25, 0.3) is 0 Å². The van der Waals surface area contributed by atoms with E-state index in [1.54, 1.807) is 12.3 Å². The summed E-state index contributed by atoms with van der Waals surface area (Å²) in [6.45, 7) is 8.69. The van der Waals surface area contributed by atoms with Gasteiger partial charge >= 0.3 is 0 Å². The van der Waals surface area contributed by atoms with Crippen LogP contribution < -0.4 is 5.32 Å². The number of likely N-dealkylation sites (tertiary alicyclic amines) is 1. The Morgan fingerprint density at radius 2 is 1.87 bits per heavy atom. The molecule has 88 valence electrons. The Morgan fingerprint density at radius 1 is 1.40 bits per heavy atom. The van der Waals surface area contributed by atoms with Crippen LogP contribution in [0.15, 0.2) is 25.4 Å². The maximum atomic E-state index is 13.6. The summed E-state index contributed by atoms with van der Waals surface area (Å²) in [5.74, 6) is 0. The first-order valence-corrected chi connectivity index (χ1v) is 5.34. The van der Waals surface area contributed by atoms with Crippen LogP contribution in [-0.4, -0.2) is 37.8 Å². The van der Waals surface area contributed by atoms with E-state index in [0.29, 0.717) is 19.3 Å². The fraction of sp³-hybridized carbons (Fsp3) is 0.667. The summed E-state index contributed by atoms with van der Waals surface area (Å²) in [6.07, 6.45) is 5.15. The SMILES string of the molecule is C=CCC1(F)CCN(C)CC1.C=CNC. The highest BCUT2D eigenvalue weighted by atomic mass is 19.1. The molecule has 1 saturated heterocycles. The Bertz CT molecular complexity index is 184. The van der Waals surface area contributed by atoms with Crippen molar-refractivity contribution in [2.75, 3.05) is 27.2 Å². The van der Waals surface area contributed by atoms with Gasteiger partial charge in [-0.1, -0.05) is 12.7 Å². The summed E-state index contributed by atoms with van der Waals surface area (Å²) < 4.78 is 13.6. The van der Waals surface area contributed by atoms with Gasteiger partial charge < -0.3 is 10.2 Å². The van der Waals surface area contributed by atoms with Crippen LogP contribution >= 0.6 is 0 Å². The molecule has 3 heteroatoms. The summed E-state index contributed by atoms with van der Waals surface area (Å²) in [5.41, 5.74) is -0.950. The zero-order valence-corrected chi connectivity index (χ0v) is 9.93. The molecule has 0 saturated carbocycles. The third-order valence-electron chi connectivity index (χ3n) is 2.60. The maximum absolute atomic E-state index is 13.6. The molecule has 0 unspecified atom stereocenters. The van der Waals surface area contributed by atoms with E-state index in [2.05, 4.69) is 23.4 Å². The Hall–Kier alpha value is -0.830. The molecule has 15 heavy (non-hydrogen) atoms. The molecule has 0 atom stereocenters. The van der Waals surface area contributed by atoms with E-state index in [0.717, 1.165) is 13.1 Å². The second-order valence-corrected chi connectivity index (χ2v) is 3.94. The Labute approximate surface area is 92.8 Å². The molecule has 0 amide bonds. The van der Waals surface area contributed by atoms with Crippen LogP contribution in [0.5, 0.6) is 0 Å². The number of allylic oxidation sites excluding steroid dienone is 1. The monoisotopic (exact) mass is 214 g/mol. The van der Waals surface area contributed by atoms with Crippen LogP contribution in [-0.2, 0) is 0 Å². The number of nitrogens with zero attached hydrogens (tertiary/aromatic N) is 1. The first-order valence-electron chi connectivity index (χ1n) is 5.34. The van der Waals surface area contributed by atoms with E-state index in [9.17, 15) is 4.39 Å². The number of hydrogen-bond acceptors (Lipinski definition) is 2. The van der Waals surface area contributed by atoms with Gasteiger partial charge in [0.1, 0.15) is 5.67 Å². The average Bonchev–Trinajstić information content (AvgIpc) is 2.24. The number of nitrogens with one attached hydrogen (secondary N) is 1. The van der Waals surface area contributed by atoms with Gasteiger partial charge in [-0.25, -0.2) is 4.39 Å². The predicted octanol–water partition coefficient (Wildman–Crippen LogP) is 2.35. The highest BCUT2D eigenvalue weighted by Gasteiger charge is 2.31. The molecule has 0 spiro atoms. The Kier molecular flexibility index (Phi) is 7.05. The van der Waals surface area contributed by atoms with Gasteiger partial charge in [0.2, 0.25) is 0 Å². The molecule has 1 aliphatic rings. The third-order valence-corrected chi connectivity index (χ3v) is 2.60. The van der Waals surface area contributed by atoms with Crippen molar-refractivity contribution < 1.29 is 4.39 Å². The van der Waals surface area contributed by atoms with E-state index in [1.807, 2.05) is 14.1 Å². The second kappa shape index (κ2) is 7.46. The van der Waals surface area contributed by atoms with Crippen LogP contribution in [0.1, 0.15) is 19.3 Å². The number of rotatable bonds is 3. The highest BCUT2D eigenvalue weighted by molar-refractivity contribution is 4.90. The number of piperidine rings is 1. The van der Waals surface area contributed by atoms with Gasteiger partial charge in [0.25, 0.3) is 0 Å². The normalized spacial score (nSPS) is 19.7. The van der Waals surface area contributed by atoms with Crippen LogP contribution in [0.4, 0.5) is 4.39 Å². The van der Waals surface area contributed by atoms with Gasteiger partial charge in [-0.05, 0) is 32.5 Å². The Morgan fingerprint density at radius 3 is 2.20 bits per heavy atom. The van der Waals surface area contributed by atoms with Crippen molar-refractivity contribution in [3.63, 3.8) is 0 Å². The molecule has 1 N–H and O–H groups in total. The molecule has 0 aliphatic carbocycles. The second-order valence-electron chi connectivity index (χ2n) is 3.94. The number of alkyl halides is 1. The van der Waals surface area contributed by atoms with Crippen LogP contribution in [0.3, 0.4) is 0 Å². The first-order chi connectivity index (χ1) is 7.08. The summed E-state index contributed by atoms with van der Waals surface area (Å²) in [5, 5.41) is 2.69. The summed E-state index contributed by atoms with van der Waals surface area (Å²) in [4.78, 5) is 2.17. The van der Waals surface area contributed by atoms with Crippen molar-refractivity contribution in [3.8, 4) is 0 Å². The first kappa shape index (κ1) is 14.2.